The summed E-state index contributed by atoms with van der Waals surface area (Å²) in [5, 5.41) is 6.55. The van der Waals surface area contributed by atoms with Gasteiger partial charge in [0.1, 0.15) is 5.82 Å². The minimum absolute atomic E-state index is 0.881. The highest BCUT2D eigenvalue weighted by Gasteiger charge is 2.21. The first-order chi connectivity index (χ1) is 10.4. The molecule has 1 N–H and O–H groups in total. The number of nitrogens with one attached hydrogen (secondary N) is 1. The number of rotatable bonds is 5. The van der Waals surface area contributed by atoms with Gasteiger partial charge in [-0.05, 0) is 12.6 Å². The van der Waals surface area contributed by atoms with Crippen molar-refractivity contribution in [2.75, 3.05) is 42.5 Å². The van der Waals surface area contributed by atoms with E-state index in [9.17, 15) is 0 Å². The van der Waals surface area contributed by atoms with Gasteiger partial charge in [-0.1, -0.05) is 13.0 Å². The molecule has 0 aliphatic carbocycles. The summed E-state index contributed by atoms with van der Waals surface area (Å²) in [6.45, 7) is 7.99. The largest absolute Gasteiger partial charge is 0.353 e. The molecular formula is C15H21N5S. The molecule has 3 heterocycles. The average Bonchev–Trinajstić information content (AvgIpc) is 3.08. The Balaban J connectivity index is 1.66. The SMILES string of the molecule is CCNCc1cccnc1N1CCN(c2nccs2)CC1. The van der Waals surface area contributed by atoms with Crippen LogP contribution in [0.25, 0.3) is 0 Å². The lowest BCUT2D eigenvalue weighted by Crippen LogP contribution is -2.47. The maximum absolute atomic E-state index is 4.60. The van der Waals surface area contributed by atoms with E-state index in [1.165, 1.54) is 5.56 Å². The molecule has 0 spiro atoms. The van der Waals surface area contributed by atoms with Gasteiger partial charge in [0.2, 0.25) is 0 Å². The normalized spacial score (nSPS) is 15.5. The Morgan fingerprint density at radius 2 is 1.95 bits per heavy atom. The first kappa shape index (κ1) is 14.3. The summed E-state index contributed by atoms with van der Waals surface area (Å²) >= 11 is 1.71. The maximum atomic E-state index is 4.60. The third-order valence-electron chi connectivity index (χ3n) is 3.70. The molecule has 1 aliphatic heterocycles. The Morgan fingerprint density at radius 1 is 1.14 bits per heavy atom. The van der Waals surface area contributed by atoms with Crippen molar-refractivity contribution in [1.29, 1.82) is 0 Å². The summed E-state index contributed by atoms with van der Waals surface area (Å²) in [6, 6.07) is 4.18. The molecule has 2 aromatic rings. The lowest BCUT2D eigenvalue weighted by Gasteiger charge is -2.36. The Bertz CT molecular complexity index is 549. The molecule has 5 nitrogen and oxygen atoms in total. The molecule has 1 aliphatic rings. The molecule has 1 saturated heterocycles. The molecule has 3 rings (SSSR count). The Hall–Kier alpha value is -1.66. The number of aromatic nitrogens is 2. The standard InChI is InChI=1S/C15H21N5S/c1-2-16-12-13-4-3-5-17-14(13)19-7-9-20(10-8-19)15-18-6-11-21-15/h3-6,11,16H,2,7-10,12H2,1H3. The topological polar surface area (TPSA) is 44.3 Å². The number of thiazole rings is 1. The van der Waals surface area contributed by atoms with Crippen LogP contribution in [0.5, 0.6) is 0 Å². The number of piperazine rings is 1. The van der Waals surface area contributed by atoms with Gasteiger partial charge in [-0.15, -0.1) is 11.3 Å². The minimum Gasteiger partial charge on any atom is -0.353 e. The van der Waals surface area contributed by atoms with E-state index >= 15 is 0 Å². The zero-order valence-corrected chi connectivity index (χ0v) is 13.1. The molecular weight excluding hydrogens is 282 g/mol. The molecule has 0 atom stereocenters. The maximum Gasteiger partial charge on any atom is 0.185 e. The van der Waals surface area contributed by atoms with E-state index in [1.54, 1.807) is 11.3 Å². The van der Waals surface area contributed by atoms with Crippen LogP contribution >= 0.6 is 11.3 Å². The second-order valence-electron chi connectivity index (χ2n) is 5.06. The van der Waals surface area contributed by atoms with Gasteiger partial charge in [-0.25, -0.2) is 9.97 Å². The smallest absolute Gasteiger partial charge is 0.185 e. The lowest BCUT2D eigenvalue weighted by molar-refractivity contribution is 0.638. The number of anilines is 2. The van der Waals surface area contributed by atoms with Crippen molar-refractivity contribution in [3.05, 3.63) is 35.5 Å². The Kier molecular flexibility index (Phi) is 4.67. The number of hydrogen-bond donors (Lipinski definition) is 1. The van der Waals surface area contributed by atoms with Crippen LogP contribution in [0.4, 0.5) is 10.9 Å². The number of hydrogen-bond acceptors (Lipinski definition) is 6. The van der Waals surface area contributed by atoms with E-state index < -0.39 is 0 Å². The summed E-state index contributed by atoms with van der Waals surface area (Å²) in [4.78, 5) is 13.7. The van der Waals surface area contributed by atoms with Crippen LogP contribution in [0.1, 0.15) is 12.5 Å². The number of pyridine rings is 1. The van der Waals surface area contributed by atoms with Crippen LogP contribution in [0.3, 0.4) is 0 Å². The van der Waals surface area contributed by atoms with E-state index in [4.69, 9.17) is 0 Å². The zero-order valence-electron chi connectivity index (χ0n) is 12.3. The van der Waals surface area contributed by atoms with Crippen molar-refractivity contribution in [2.24, 2.45) is 0 Å². The van der Waals surface area contributed by atoms with Gasteiger partial charge in [-0.2, -0.15) is 0 Å². The molecule has 21 heavy (non-hydrogen) atoms. The molecule has 112 valence electrons. The fourth-order valence-electron chi connectivity index (χ4n) is 2.59. The van der Waals surface area contributed by atoms with Gasteiger partial charge in [0.15, 0.2) is 5.13 Å². The quantitative estimate of drug-likeness (QED) is 0.915. The van der Waals surface area contributed by atoms with Crippen molar-refractivity contribution in [1.82, 2.24) is 15.3 Å². The van der Waals surface area contributed by atoms with Crippen molar-refractivity contribution in [3.63, 3.8) is 0 Å². The minimum atomic E-state index is 0.881. The van der Waals surface area contributed by atoms with Gasteiger partial charge in [0.25, 0.3) is 0 Å². The highest BCUT2D eigenvalue weighted by Crippen LogP contribution is 2.23. The highest BCUT2D eigenvalue weighted by atomic mass is 32.1. The molecule has 1 fully saturated rings. The van der Waals surface area contributed by atoms with Crippen molar-refractivity contribution >= 4 is 22.3 Å². The van der Waals surface area contributed by atoms with E-state index in [2.05, 4.69) is 38.1 Å². The third kappa shape index (κ3) is 3.33. The van der Waals surface area contributed by atoms with Gasteiger partial charge in [0.05, 0.1) is 0 Å². The van der Waals surface area contributed by atoms with Gasteiger partial charge < -0.3 is 15.1 Å². The summed E-state index contributed by atoms with van der Waals surface area (Å²) in [7, 11) is 0. The lowest BCUT2D eigenvalue weighted by atomic mass is 10.2. The molecule has 0 unspecified atom stereocenters. The van der Waals surface area contributed by atoms with Crippen LogP contribution in [0.15, 0.2) is 29.9 Å². The molecule has 0 amide bonds. The first-order valence-corrected chi connectivity index (χ1v) is 8.30. The second kappa shape index (κ2) is 6.87. The van der Waals surface area contributed by atoms with E-state index in [1.807, 2.05) is 23.8 Å². The summed E-state index contributed by atoms with van der Waals surface area (Å²) in [6.07, 6.45) is 3.76. The molecule has 0 saturated carbocycles. The summed E-state index contributed by atoms with van der Waals surface area (Å²) < 4.78 is 0. The van der Waals surface area contributed by atoms with Crippen LogP contribution in [0, 0.1) is 0 Å². The average molecular weight is 303 g/mol. The van der Waals surface area contributed by atoms with Crippen molar-refractivity contribution in [2.45, 2.75) is 13.5 Å². The van der Waals surface area contributed by atoms with Crippen molar-refractivity contribution in [3.8, 4) is 0 Å². The van der Waals surface area contributed by atoms with Crippen molar-refractivity contribution < 1.29 is 0 Å². The summed E-state index contributed by atoms with van der Waals surface area (Å²) in [5.41, 5.74) is 1.28. The second-order valence-corrected chi connectivity index (χ2v) is 5.93. The van der Waals surface area contributed by atoms with Gasteiger partial charge in [0, 0.05) is 56.1 Å². The first-order valence-electron chi connectivity index (χ1n) is 7.42. The fraction of sp³-hybridized carbons (Fsp3) is 0.467. The molecule has 2 aromatic heterocycles. The monoisotopic (exact) mass is 303 g/mol. The Labute approximate surface area is 129 Å². The molecule has 0 bridgehead atoms. The van der Waals surface area contributed by atoms with E-state index in [0.717, 1.165) is 50.2 Å². The molecule has 0 aromatic carbocycles. The van der Waals surface area contributed by atoms with Crippen LogP contribution in [-0.4, -0.2) is 42.7 Å². The Morgan fingerprint density at radius 3 is 2.67 bits per heavy atom. The van der Waals surface area contributed by atoms with Crippen LogP contribution in [0.2, 0.25) is 0 Å². The van der Waals surface area contributed by atoms with Gasteiger partial charge in [-0.3, -0.25) is 0 Å². The zero-order chi connectivity index (χ0) is 14.5. The third-order valence-corrected chi connectivity index (χ3v) is 4.53. The predicted octanol–water partition coefficient (Wildman–Crippen LogP) is 1.97. The fourth-order valence-corrected chi connectivity index (χ4v) is 3.29. The van der Waals surface area contributed by atoms with Crippen LogP contribution < -0.4 is 15.1 Å². The van der Waals surface area contributed by atoms with Gasteiger partial charge >= 0.3 is 0 Å². The van der Waals surface area contributed by atoms with E-state index in [0.29, 0.717) is 0 Å². The predicted molar refractivity (Wildman–Crippen MR) is 88.2 cm³/mol. The number of nitrogens with zero attached hydrogens (tertiary/aromatic N) is 4. The highest BCUT2D eigenvalue weighted by molar-refractivity contribution is 7.13. The molecule has 0 radical (unpaired) electrons. The van der Waals surface area contributed by atoms with Crippen LogP contribution in [-0.2, 0) is 6.54 Å². The molecule has 6 heteroatoms. The van der Waals surface area contributed by atoms with E-state index in [-0.39, 0.29) is 0 Å². The summed E-state index contributed by atoms with van der Waals surface area (Å²) in [5.74, 6) is 1.12.